The van der Waals surface area contributed by atoms with Crippen molar-refractivity contribution in [2.45, 2.75) is 157 Å². The van der Waals surface area contributed by atoms with Crippen molar-refractivity contribution in [1.82, 2.24) is 70.7 Å². The Kier molecular flexibility index (Phi) is 23.7. The fraction of sp³-hybridized carbons (Fsp3) is 0.446. The highest BCUT2D eigenvalue weighted by Gasteiger charge is 2.23. The first-order chi connectivity index (χ1) is 32.3. The third-order valence-electron chi connectivity index (χ3n) is 11.8. The van der Waals surface area contributed by atoms with Crippen LogP contribution in [0.1, 0.15) is 172 Å². The second kappa shape index (κ2) is 28.0. The number of allylic oxidation sites excluding steroid dienone is 1. The van der Waals surface area contributed by atoms with E-state index in [-0.39, 0.29) is 38.6 Å². The molecule has 0 atom stereocenters. The minimum atomic E-state index is 0. The molecule has 9 aromatic rings. The van der Waals surface area contributed by atoms with E-state index in [0.29, 0.717) is 23.7 Å². The third kappa shape index (κ3) is 14.4. The molecule has 0 bridgehead atoms. The molecule has 8 aromatic heterocycles. The maximum absolute atomic E-state index is 4.62. The van der Waals surface area contributed by atoms with Crippen LogP contribution in [0.4, 0.5) is 11.6 Å². The first-order valence-electron chi connectivity index (χ1n) is 23.3. The monoisotopic (exact) mass is 984 g/mol. The zero-order valence-electron chi connectivity index (χ0n) is 40.7. The molecule has 1 aromatic carbocycles. The summed E-state index contributed by atoms with van der Waals surface area (Å²) >= 11 is 0. The van der Waals surface area contributed by atoms with Crippen LogP contribution in [0.25, 0.3) is 43.9 Å². The number of pyridine rings is 2. The van der Waals surface area contributed by atoms with E-state index in [1.54, 1.807) is 29.7 Å². The number of aromatic nitrogens is 14. The van der Waals surface area contributed by atoms with Crippen molar-refractivity contribution in [2.24, 2.45) is 10.9 Å². The number of rotatable bonds is 6. The van der Waals surface area contributed by atoms with Crippen molar-refractivity contribution < 1.29 is 1.43 Å². The van der Waals surface area contributed by atoms with E-state index < -0.39 is 0 Å². The number of aromatic amines is 4. The molecule has 1 aliphatic heterocycles. The van der Waals surface area contributed by atoms with E-state index in [1.165, 1.54) is 37.7 Å². The lowest BCUT2D eigenvalue weighted by molar-refractivity contribution is 0.684. The Bertz CT molecular complexity index is 2930. The molecule has 16 nitrogen and oxygen atoms in total. The smallest absolute Gasteiger partial charge is 0.184 e. The van der Waals surface area contributed by atoms with Crippen LogP contribution in [-0.2, 0) is 0 Å². The van der Waals surface area contributed by atoms with Gasteiger partial charge in [0.05, 0.1) is 23.0 Å². The fourth-order valence-corrected chi connectivity index (χ4v) is 8.16. The first kappa shape index (κ1) is 60.9. The molecular weight excluding hydrogens is 897 g/mol. The highest BCUT2D eigenvalue weighted by atomic mass is 15.2. The minimum absolute atomic E-state index is 0. The molecule has 1 aliphatic carbocycles. The number of para-hydroxylation sites is 1. The molecule has 0 radical (unpaired) electrons. The fourth-order valence-electron chi connectivity index (χ4n) is 8.16. The number of H-pyrrole nitrogens is 4. The molecule has 0 amide bonds. The predicted molar refractivity (Wildman–Crippen MR) is 306 cm³/mol. The Hall–Kier alpha value is -7.23. The summed E-state index contributed by atoms with van der Waals surface area (Å²) in [6.07, 6.45) is 14.1. The number of hydrogen-bond donors (Lipinski definition) is 5. The Morgan fingerprint density at radius 3 is 1.86 bits per heavy atom. The molecule has 72 heavy (non-hydrogen) atoms. The van der Waals surface area contributed by atoms with Gasteiger partial charge in [0.1, 0.15) is 18.0 Å². The van der Waals surface area contributed by atoms with Crippen molar-refractivity contribution in [3.63, 3.8) is 0 Å². The van der Waals surface area contributed by atoms with Gasteiger partial charge in [-0.3, -0.25) is 30.4 Å². The zero-order valence-corrected chi connectivity index (χ0v) is 40.7. The number of benzene rings is 1. The average molecular weight is 984 g/mol. The molecule has 16 heteroatoms. The van der Waals surface area contributed by atoms with Gasteiger partial charge in [-0.1, -0.05) is 105 Å². The van der Waals surface area contributed by atoms with Gasteiger partial charge in [-0.25, -0.2) is 24.9 Å². The van der Waals surface area contributed by atoms with Gasteiger partial charge in [0.2, 0.25) is 0 Å². The number of fused-ring (bicyclic) bond motifs is 4. The van der Waals surface area contributed by atoms with Crippen LogP contribution in [-0.4, -0.2) is 82.9 Å². The van der Waals surface area contributed by atoms with Crippen LogP contribution in [0, 0.1) is 26.7 Å². The Balaban J connectivity index is 0.000000453. The lowest BCUT2D eigenvalue weighted by Crippen LogP contribution is -2.10. The molecule has 0 saturated heterocycles. The molecule has 11 rings (SSSR count). The van der Waals surface area contributed by atoms with E-state index >= 15 is 0 Å². The molecule has 0 fully saturated rings. The largest absolute Gasteiger partial charge is 0.323 e. The summed E-state index contributed by atoms with van der Waals surface area (Å²) < 4.78 is 0. The molecule has 0 spiro atoms. The van der Waals surface area contributed by atoms with Crippen LogP contribution in [0.2, 0.25) is 0 Å². The molecule has 2 aliphatic rings. The number of hydrogen-bond acceptors (Lipinski definition) is 12. The maximum Gasteiger partial charge on any atom is 0.184 e. The number of aryl methyl sites for hydroxylation is 2. The van der Waals surface area contributed by atoms with Crippen LogP contribution in [0.3, 0.4) is 0 Å². The van der Waals surface area contributed by atoms with Crippen molar-refractivity contribution in [1.29, 1.82) is 0 Å². The Labute approximate surface area is 430 Å². The van der Waals surface area contributed by atoms with Gasteiger partial charge in [-0.05, 0) is 112 Å². The van der Waals surface area contributed by atoms with E-state index in [9.17, 15) is 0 Å². The van der Waals surface area contributed by atoms with Gasteiger partial charge in [-0.2, -0.15) is 20.4 Å². The maximum atomic E-state index is 4.62. The number of anilines is 2. The van der Waals surface area contributed by atoms with E-state index in [1.807, 2.05) is 69.4 Å². The lowest BCUT2D eigenvalue weighted by Gasteiger charge is -2.16. The minimum Gasteiger partial charge on any atom is -0.323 e. The number of nitrogens with one attached hydrogen (secondary N) is 5. The summed E-state index contributed by atoms with van der Waals surface area (Å²) in [5.74, 6) is 4.36. The molecule has 9 heterocycles. The molecule has 5 N–H and O–H groups in total. The average Bonchev–Trinajstić information content (AvgIpc) is 4.18. The van der Waals surface area contributed by atoms with Crippen LogP contribution in [0.15, 0.2) is 89.7 Å². The van der Waals surface area contributed by atoms with Gasteiger partial charge in [-0.15, -0.1) is 0 Å². The standard InChI is InChI=1S/C14H15N5.C11H17N.2C9H11N3.C8H10N4.5CH4.H2/c1-8-9(2)15-10(3)16-13(8)17-14-11-6-4-5-7-12(11)18-19-14;1-8(2)11-10-6-4-3-5-9(10)7-12-11;1-6(2)9-7-5-10-4-3-8(7)11-12-9;1-6(2)8-7-4-3-5-10-9(7)12-11-8;1-5(2)7-6-3-9-4-10-8(6)12-11-7;;;;;;/h4-7H,1-3H3,(H2,15,16,17,18,19);8H,3-7H2,1-2H3;3-6H,1-2H3,(H,11,12);3-6H,1-2H3,(H,10,11,12);3-5H,1-2H3,(H,9,10,11,12);5*1H4;1H/i;;;;;;;;;;1+1. The predicted octanol–water partition coefficient (Wildman–Crippen LogP) is 15.1. The summed E-state index contributed by atoms with van der Waals surface area (Å²) in [4.78, 5) is 29.6. The normalized spacial score (nSPS) is 12.3. The van der Waals surface area contributed by atoms with E-state index in [4.69, 9.17) is 0 Å². The third-order valence-corrected chi connectivity index (χ3v) is 11.8. The van der Waals surface area contributed by atoms with Crippen molar-refractivity contribution in [3.05, 3.63) is 119 Å². The van der Waals surface area contributed by atoms with E-state index in [0.717, 1.165) is 96.2 Å². The summed E-state index contributed by atoms with van der Waals surface area (Å²) in [7, 11) is 0. The van der Waals surface area contributed by atoms with Crippen LogP contribution >= 0.6 is 0 Å². The summed E-state index contributed by atoms with van der Waals surface area (Å²) in [5.41, 5.74) is 13.7. The number of nitrogens with zero attached hydrogens (tertiary/aromatic N) is 11. The topological polar surface area (TPSA) is 216 Å². The quantitative estimate of drug-likeness (QED) is 0.106. The summed E-state index contributed by atoms with van der Waals surface area (Å²) in [5, 5.41) is 36.2. The zero-order chi connectivity index (χ0) is 47.6. The molecule has 0 unspecified atom stereocenters. The van der Waals surface area contributed by atoms with Gasteiger partial charge in [0.25, 0.3) is 0 Å². The lowest BCUT2D eigenvalue weighted by atomic mass is 9.88. The summed E-state index contributed by atoms with van der Waals surface area (Å²) in [6.45, 7) is 24.2. The van der Waals surface area contributed by atoms with Gasteiger partial charge >= 0.3 is 0 Å². The van der Waals surface area contributed by atoms with Crippen LogP contribution < -0.4 is 5.32 Å². The second-order valence-electron chi connectivity index (χ2n) is 18.1. The second-order valence-corrected chi connectivity index (χ2v) is 18.1. The molecular formula is C56H86N16. The summed E-state index contributed by atoms with van der Waals surface area (Å²) in [6, 6.07) is 13.9. The van der Waals surface area contributed by atoms with E-state index in [2.05, 4.69) is 136 Å². The van der Waals surface area contributed by atoms with Gasteiger partial charge in [0.15, 0.2) is 17.1 Å². The highest BCUT2D eigenvalue weighted by Crippen LogP contribution is 2.32. The SMILES string of the molecule is C.C.C.C.C.CC(C)C1=NCC2=C1CCCC2.CC(C)c1[nH]nc2ccncc12.CC(C)c1[nH]nc2ncccc12.CC(C)c1[nH]nc2ncncc12.Cc1nc(C)c(C)c(Nc2n[nH]c3ccccc23)n1.[2HH]. The van der Waals surface area contributed by atoms with Gasteiger partial charge in [0, 0.05) is 76.4 Å². The van der Waals surface area contributed by atoms with Crippen molar-refractivity contribution >= 4 is 61.2 Å². The Morgan fingerprint density at radius 1 is 0.556 bits per heavy atom. The van der Waals surface area contributed by atoms with Crippen molar-refractivity contribution in [3.8, 4) is 0 Å². The first-order valence-corrected chi connectivity index (χ1v) is 23.3. The highest BCUT2D eigenvalue weighted by molar-refractivity contribution is 6.04. The Morgan fingerprint density at radius 2 is 1.17 bits per heavy atom. The molecule has 0 saturated carbocycles. The number of aliphatic imine (C=N–C) groups is 1. The van der Waals surface area contributed by atoms with Crippen LogP contribution in [0.5, 0.6) is 0 Å². The molecule has 390 valence electrons. The van der Waals surface area contributed by atoms with Gasteiger partial charge < -0.3 is 5.32 Å². The van der Waals surface area contributed by atoms with Crippen molar-refractivity contribution in [2.75, 3.05) is 11.9 Å².